The van der Waals surface area contributed by atoms with E-state index in [1.54, 1.807) is 6.07 Å². The van der Waals surface area contributed by atoms with Crippen LogP contribution in [0.5, 0.6) is 0 Å². The number of nitro groups is 1. The van der Waals surface area contributed by atoms with Crippen molar-refractivity contribution in [2.24, 2.45) is 0 Å². The molecule has 1 atom stereocenters. The highest BCUT2D eigenvalue weighted by Crippen LogP contribution is 2.32. The molecule has 2 aromatic carbocycles. The molecular formula is C19H22FN3O4S. The molecule has 7 nitrogen and oxygen atoms in total. The molecule has 0 aliphatic carbocycles. The minimum absolute atomic E-state index is 0.0282. The Balaban J connectivity index is 1.77. The quantitative estimate of drug-likeness (QED) is 0.560. The van der Waals surface area contributed by atoms with Gasteiger partial charge in [-0.1, -0.05) is 12.1 Å². The number of nitro benzene ring substituents is 1. The van der Waals surface area contributed by atoms with Gasteiger partial charge in [-0.3, -0.25) is 15.0 Å². The Morgan fingerprint density at radius 1 is 1.11 bits per heavy atom. The first-order chi connectivity index (χ1) is 13.2. The number of hydrogen-bond acceptors (Lipinski definition) is 6. The van der Waals surface area contributed by atoms with Crippen LogP contribution >= 0.6 is 0 Å². The third-order valence-corrected chi connectivity index (χ3v) is 6.22. The first kappa shape index (κ1) is 20.2. The first-order valence-electron chi connectivity index (χ1n) is 8.90. The predicted octanol–water partition coefficient (Wildman–Crippen LogP) is 3.02. The van der Waals surface area contributed by atoms with Crippen LogP contribution in [0, 0.1) is 15.9 Å². The van der Waals surface area contributed by atoms with Gasteiger partial charge in [0.2, 0.25) is 0 Å². The van der Waals surface area contributed by atoms with Crippen molar-refractivity contribution in [1.82, 2.24) is 4.90 Å². The zero-order valence-corrected chi connectivity index (χ0v) is 16.5. The minimum atomic E-state index is -3.52. The molecule has 1 fully saturated rings. The summed E-state index contributed by atoms with van der Waals surface area (Å²) in [6.07, 6.45) is 1.03. The van der Waals surface area contributed by atoms with Crippen LogP contribution in [0.4, 0.5) is 15.8 Å². The molecule has 0 amide bonds. The van der Waals surface area contributed by atoms with Gasteiger partial charge < -0.3 is 4.90 Å². The molecule has 0 radical (unpaired) electrons. The van der Waals surface area contributed by atoms with Gasteiger partial charge in [0.15, 0.2) is 9.84 Å². The minimum Gasteiger partial charge on any atom is -0.363 e. The van der Waals surface area contributed by atoms with E-state index in [0.29, 0.717) is 31.9 Å². The van der Waals surface area contributed by atoms with Gasteiger partial charge in [0.25, 0.3) is 5.69 Å². The number of rotatable bonds is 5. The molecule has 1 heterocycles. The molecular weight excluding hydrogens is 385 g/mol. The van der Waals surface area contributed by atoms with E-state index in [4.69, 9.17) is 0 Å². The largest absolute Gasteiger partial charge is 0.363 e. The molecule has 1 aliphatic rings. The standard InChI is InChI=1S/C19H22FN3O4S/c1-14(15-4-3-5-16(20)12-15)21-8-10-22(11-9-21)18-7-6-17(28(2,26)27)13-19(18)23(24)25/h3-7,12-14H,8-11H2,1-2H3. The molecule has 150 valence electrons. The summed E-state index contributed by atoms with van der Waals surface area (Å²) in [6.45, 7) is 4.43. The van der Waals surface area contributed by atoms with E-state index >= 15 is 0 Å². The zero-order chi connectivity index (χ0) is 20.5. The van der Waals surface area contributed by atoms with Crippen molar-refractivity contribution in [2.45, 2.75) is 17.9 Å². The van der Waals surface area contributed by atoms with Gasteiger partial charge in [-0.15, -0.1) is 0 Å². The van der Waals surface area contributed by atoms with Crippen LogP contribution in [0.3, 0.4) is 0 Å². The van der Waals surface area contributed by atoms with E-state index in [1.807, 2.05) is 17.9 Å². The lowest BCUT2D eigenvalue weighted by Crippen LogP contribution is -2.47. The third-order valence-electron chi connectivity index (χ3n) is 5.11. The Bertz CT molecular complexity index is 988. The summed E-state index contributed by atoms with van der Waals surface area (Å²) in [5, 5.41) is 11.5. The normalized spacial score (nSPS) is 16.8. The summed E-state index contributed by atoms with van der Waals surface area (Å²) in [7, 11) is -3.52. The Hall–Kier alpha value is -2.52. The van der Waals surface area contributed by atoms with Gasteiger partial charge in [-0.25, -0.2) is 12.8 Å². The van der Waals surface area contributed by atoms with Crippen molar-refractivity contribution >= 4 is 21.2 Å². The molecule has 0 bridgehead atoms. The summed E-state index contributed by atoms with van der Waals surface area (Å²) in [6, 6.07) is 10.5. The second-order valence-corrected chi connectivity index (χ2v) is 8.95. The van der Waals surface area contributed by atoms with Gasteiger partial charge >= 0.3 is 0 Å². The van der Waals surface area contributed by atoms with E-state index in [2.05, 4.69) is 4.90 Å². The van der Waals surface area contributed by atoms with Crippen LogP contribution < -0.4 is 4.90 Å². The van der Waals surface area contributed by atoms with Gasteiger partial charge in [-0.05, 0) is 36.8 Å². The Morgan fingerprint density at radius 3 is 2.36 bits per heavy atom. The summed E-state index contributed by atoms with van der Waals surface area (Å²) in [4.78, 5) is 14.9. The average molecular weight is 407 g/mol. The van der Waals surface area contributed by atoms with Crippen LogP contribution in [0.2, 0.25) is 0 Å². The summed E-state index contributed by atoms with van der Waals surface area (Å²) in [5.74, 6) is -0.274. The lowest BCUT2D eigenvalue weighted by molar-refractivity contribution is -0.384. The number of halogens is 1. The fraction of sp³-hybridized carbons (Fsp3) is 0.368. The summed E-state index contributed by atoms with van der Waals surface area (Å²) < 4.78 is 36.9. The second-order valence-electron chi connectivity index (χ2n) is 6.93. The highest BCUT2D eigenvalue weighted by molar-refractivity contribution is 7.90. The molecule has 28 heavy (non-hydrogen) atoms. The van der Waals surface area contributed by atoms with Crippen molar-refractivity contribution in [1.29, 1.82) is 0 Å². The monoisotopic (exact) mass is 407 g/mol. The first-order valence-corrected chi connectivity index (χ1v) is 10.8. The fourth-order valence-corrected chi connectivity index (χ4v) is 4.12. The molecule has 0 aromatic heterocycles. The number of sulfone groups is 1. The maximum absolute atomic E-state index is 13.5. The predicted molar refractivity (Wildman–Crippen MR) is 105 cm³/mol. The van der Waals surface area contributed by atoms with Crippen LogP contribution in [-0.4, -0.2) is 50.7 Å². The average Bonchev–Trinajstić information content (AvgIpc) is 2.66. The Labute approximate surface area is 163 Å². The summed E-state index contributed by atoms with van der Waals surface area (Å²) in [5.41, 5.74) is 1.09. The maximum atomic E-state index is 13.5. The number of benzene rings is 2. The summed E-state index contributed by atoms with van der Waals surface area (Å²) >= 11 is 0. The van der Waals surface area contributed by atoms with Crippen LogP contribution in [0.25, 0.3) is 0 Å². The van der Waals surface area contributed by atoms with Gasteiger partial charge in [-0.2, -0.15) is 0 Å². The van der Waals surface area contributed by atoms with Crippen LogP contribution in [-0.2, 0) is 9.84 Å². The molecule has 3 rings (SSSR count). The number of piperazine rings is 1. The van der Waals surface area contributed by atoms with E-state index in [1.165, 1.54) is 24.3 Å². The topological polar surface area (TPSA) is 83.8 Å². The maximum Gasteiger partial charge on any atom is 0.293 e. The fourth-order valence-electron chi connectivity index (χ4n) is 3.47. The number of nitrogens with zero attached hydrogens (tertiary/aromatic N) is 3. The zero-order valence-electron chi connectivity index (χ0n) is 15.7. The Kier molecular flexibility index (Phi) is 5.66. The van der Waals surface area contributed by atoms with E-state index in [9.17, 15) is 22.9 Å². The van der Waals surface area contributed by atoms with Gasteiger partial charge in [0.1, 0.15) is 11.5 Å². The van der Waals surface area contributed by atoms with Gasteiger partial charge in [0, 0.05) is 44.5 Å². The molecule has 1 unspecified atom stereocenters. The highest BCUT2D eigenvalue weighted by Gasteiger charge is 2.27. The van der Waals surface area contributed by atoms with Crippen molar-refractivity contribution in [3.05, 3.63) is 64.0 Å². The second kappa shape index (κ2) is 7.84. The van der Waals surface area contributed by atoms with Crippen molar-refractivity contribution in [3.8, 4) is 0 Å². The molecule has 0 saturated carbocycles. The molecule has 9 heteroatoms. The molecule has 1 aliphatic heterocycles. The smallest absolute Gasteiger partial charge is 0.293 e. The molecule has 0 spiro atoms. The number of hydrogen-bond donors (Lipinski definition) is 0. The lowest BCUT2D eigenvalue weighted by atomic mass is 10.1. The van der Waals surface area contributed by atoms with E-state index in [0.717, 1.165) is 17.9 Å². The highest BCUT2D eigenvalue weighted by atomic mass is 32.2. The lowest BCUT2D eigenvalue weighted by Gasteiger charge is -2.39. The van der Waals surface area contributed by atoms with Crippen LogP contribution in [0.1, 0.15) is 18.5 Å². The molecule has 0 N–H and O–H groups in total. The van der Waals surface area contributed by atoms with E-state index in [-0.39, 0.29) is 22.4 Å². The van der Waals surface area contributed by atoms with Crippen molar-refractivity contribution in [2.75, 3.05) is 37.3 Å². The van der Waals surface area contributed by atoms with Crippen LogP contribution in [0.15, 0.2) is 47.4 Å². The number of anilines is 1. The molecule has 1 saturated heterocycles. The van der Waals surface area contributed by atoms with E-state index < -0.39 is 14.8 Å². The molecule has 2 aromatic rings. The SMILES string of the molecule is CC(c1cccc(F)c1)N1CCN(c2ccc(S(C)(=O)=O)cc2[N+](=O)[O-])CC1. The van der Waals surface area contributed by atoms with Crippen molar-refractivity contribution in [3.63, 3.8) is 0 Å². The third kappa shape index (κ3) is 4.31. The van der Waals surface area contributed by atoms with Gasteiger partial charge in [0.05, 0.1) is 9.82 Å². The Morgan fingerprint density at radius 2 is 1.79 bits per heavy atom. The van der Waals surface area contributed by atoms with Crippen molar-refractivity contribution < 1.29 is 17.7 Å².